The molecule has 0 bridgehead atoms. The van der Waals surface area contributed by atoms with Crippen molar-refractivity contribution in [2.24, 2.45) is 5.41 Å². The van der Waals surface area contributed by atoms with Gasteiger partial charge < -0.3 is 25.2 Å². The molecule has 0 aliphatic heterocycles. The van der Waals surface area contributed by atoms with Gasteiger partial charge >= 0.3 is 0 Å². The maximum Gasteiger partial charge on any atom is 0.0627 e. The summed E-state index contributed by atoms with van der Waals surface area (Å²) in [4.78, 5) is 0. The van der Waals surface area contributed by atoms with Crippen LogP contribution in [-0.4, -0.2) is 60.6 Å². The number of aliphatic hydroxyl groups excluding tert-OH is 4. The molecule has 82 valence electrons. The zero-order chi connectivity index (χ0) is 10.7. The molecule has 0 aliphatic carbocycles. The Morgan fingerprint density at radius 3 is 1.15 bits per heavy atom. The van der Waals surface area contributed by atoms with Crippen molar-refractivity contribution in [1.29, 1.82) is 0 Å². The summed E-state index contributed by atoms with van der Waals surface area (Å²) in [5.41, 5.74) is -1.11. The summed E-state index contributed by atoms with van der Waals surface area (Å²) in [5, 5.41) is 34.0. The average molecular weight is 196 g/mol. The van der Waals surface area contributed by atoms with Crippen LogP contribution in [0.5, 0.6) is 0 Å². The Kier molecular flexibility index (Phi) is 11.6. The molecule has 0 heterocycles. The Bertz CT molecular complexity index is 73.0. The lowest BCUT2D eigenvalue weighted by molar-refractivity contribution is -0.0328. The van der Waals surface area contributed by atoms with Gasteiger partial charge in [-0.2, -0.15) is 0 Å². The molecule has 0 rings (SSSR count). The minimum absolute atomic E-state index is 0.406. The summed E-state index contributed by atoms with van der Waals surface area (Å²) >= 11 is 0. The third-order valence-electron chi connectivity index (χ3n) is 1.63. The van der Waals surface area contributed by atoms with Gasteiger partial charge in [-0.25, -0.2) is 0 Å². The molecule has 0 radical (unpaired) electrons. The highest BCUT2D eigenvalue weighted by Crippen LogP contribution is 2.11. The van der Waals surface area contributed by atoms with E-state index in [1.165, 1.54) is 0 Å². The van der Waals surface area contributed by atoms with Gasteiger partial charge in [-0.1, -0.05) is 0 Å². The second-order valence-corrected chi connectivity index (χ2v) is 2.71. The lowest BCUT2D eigenvalue weighted by Gasteiger charge is -2.23. The normalized spacial score (nSPS) is 10.6. The summed E-state index contributed by atoms with van der Waals surface area (Å²) in [6.45, 7) is 1.15. The van der Waals surface area contributed by atoms with E-state index in [1.54, 1.807) is 7.11 Å². The molecule has 4 N–H and O–H groups in total. The van der Waals surface area contributed by atoms with E-state index >= 15 is 0 Å². The first-order valence-electron chi connectivity index (χ1n) is 4.08. The van der Waals surface area contributed by atoms with Crippen LogP contribution in [0.3, 0.4) is 0 Å². The molecule has 0 amide bonds. The van der Waals surface area contributed by atoms with Crippen LogP contribution in [0, 0.1) is 5.41 Å². The van der Waals surface area contributed by atoms with Gasteiger partial charge in [0.25, 0.3) is 0 Å². The van der Waals surface area contributed by atoms with Crippen molar-refractivity contribution in [3.05, 3.63) is 0 Å². The third-order valence-corrected chi connectivity index (χ3v) is 1.63. The molecule has 0 saturated heterocycles. The second-order valence-electron chi connectivity index (χ2n) is 2.71. The van der Waals surface area contributed by atoms with Gasteiger partial charge in [0, 0.05) is 13.7 Å². The van der Waals surface area contributed by atoms with E-state index in [2.05, 4.69) is 4.74 Å². The van der Waals surface area contributed by atoms with Crippen molar-refractivity contribution in [2.45, 2.75) is 6.92 Å². The van der Waals surface area contributed by atoms with Gasteiger partial charge in [0.1, 0.15) is 0 Å². The first kappa shape index (κ1) is 15.3. The van der Waals surface area contributed by atoms with E-state index in [4.69, 9.17) is 20.4 Å². The molecule has 0 aromatic heterocycles. The van der Waals surface area contributed by atoms with Crippen molar-refractivity contribution >= 4 is 0 Å². The number of ether oxygens (including phenoxy) is 1. The SMILES string of the molecule is CCOC.OCC(CO)(CO)CO. The van der Waals surface area contributed by atoms with Gasteiger partial charge in [-0.3, -0.25) is 0 Å². The van der Waals surface area contributed by atoms with E-state index < -0.39 is 31.8 Å². The van der Waals surface area contributed by atoms with Crippen molar-refractivity contribution in [1.82, 2.24) is 0 Å². The minimum Gasteiger partial charge on any atom is -0.396 e. The highest BCUT2D eigenvalue weighted by atomic mass is 16.5. The predicted octanol–water partition coefficient (Wildman–Crippen LogP) is -1.41. The number of methoxy groups -OCH3 is 1. The topological polar surface area (TPSA) is 90.2 Å². The first-order chi connectivity index (χ1) is 6.16. The summed E-state index contributed by atoms with van der Waals surface area (Å²) in [5.74, 6) is 0. The molecule has 0 fully saturated rings. The quantitative estimate of drug-likeness (QED) is 0.434. The van der Waals surface area contributed by atoms with E-state index in [0.29, 0.717) is 0 Å². The van der Waals surface area contributed by atoms with Crippen LogP contribution in [0.25, 0.3) is 0 Å². The van der Waals surface area contributed by atoms with E-state index in [0.717, 1.165) is 6.61 Å². The lowest BCUT2D eigenvalue weighted by atomic mass is 9.93. The van der Waals surface area contributed by atoms with Gasteiger partial charge in [0.2, 0.25) is 0 Å². The van der Waals surface area contributed by atoms with Crippen molar-refractivity contribution in [3.8, 4) is 0 Å². The first-order valence-corrected chi connectivity index (χ1v) is 4.08. The Morgan fingerprint density at radius 1 is 0.923 bits per heavy atom. The predicted molar refractivity (Wildman–Crippen MR) is 48.3 cm³/mol. The average Bonchev–Trinajstić information content (AvgIpc) is 2.23. The lowest BCUT2D eigenvalue weighted by Crippen LogP contribution is -2.37. The monoisotopic (exact) mass is 196 g/mol. The van der Waals surface area contributed by atoms with Gasteiger partial charge in [-0.15, -0.1) is 0 Å². The van der Waals surface area contributed by atoms with Crippen LogP contribution in [-0.2, 0) is 4.74 Å². The molecule has 0 saturated carbocycles. The Hall–Kier alpha value is -0.200. The summed E-state index contributed by atoms with van der Waals surface area (Å²) in [6.07, 6.45) is 0. The second kappa shape index (κ2) is 9.88. The molecule has 13 heavy (non-hydrogen) atoms. The summed E-state index contributed by atoms with van der Waals surface area (Å²) < 4.78 is 4.54. The van der Waals surface area contributed by atoms with Crippen molar-refractivity contribution in [3.63, 3.8) is 0 Å². The fraction of sp³-hybridized carbons (Fsp3) is 1.00. The van der Waals surface area contributed by atoms with Crippen LogP contribution in [0.15, 0.2) is 0 Å². The molecule has 0 aromatic rings. The minimum atomic E-state index is -1.11. The van der Waals surface area contributed by atoms with Crippen LogP contribution in [0.4, 0.5) is 0 Å². The van der Waals surface area contributed by atoms with Crippen molar-refractivity contribution in [2.75, 3.05) is 40.1 Å². The number of aliphatic hydroxyl groups is 4. The molecule has 0 spiro atoms. The third kappa shape index (κ3) is 6.92. The van der Waals surface area contributed by atoms with Crippen LogP contribution < -0.4 is 0 Å². The molecular weight excluding hydrogens is 176 g/mol. The molecule has 5 heteroatoms. The highest BCUT2D eigenvalue weighted by Gasteiger charge is 2.26. The molecule has 0 aromatic carbocycles. The molecule has 0 aliphatic rings. The zero-order valence-corrected chi connectivity index (χ0v) is 8.23. The van der Waals surface area contributed by atoms with Crippen LogP contribution >= 0.6 is 0 Å². The molecule has 5 nitrogen and oxygen atoms in total. The van der Waals surface area contributed by atoms with Crippen LogP contribution in [0.1, 0.15) is 6.92 Å². The number of hydrogen-bond acceptors (Lipinski definition) is 5. The molecule has 0 unspecified atom stereocenters. The zero-order valence-electron chi connectivity index (χ0n) is 8.23. The largest absolute Gasteiger partial charge is 0.396 e. The van der Waals surface area contributed by atoms with Gasteiger partial charge in [0.05, 0.1) is 31.8 Å². The van der Waals surface area contributed by atoms with E-state index in [-0.39, 0.29) is 0 Å². The highest BCUT2D eigenvalue weighted by molar-refractivity contribution is 4.74. The fourth-order valence-corrected chi connectivity index (χ4v) is 0.300. The Balaban J connectivity index is 0. The maximum absolute atomic E-state index is 8.50. The van der Waals surface area contributed by atoms with Crippen molar-refractivity contribution < 1.29 is 25.2 Å². The smallest absolute Gasteiger partial charge is 0.0627 e. The molecular formula is C8H20O5. The fourth-order valence-electron chi connectivity index (χ4n) is 0.300. The van der Waals surface area contributed by atoms with Gasteiger partial charge in [0.15, 0.2) is 0 Å². The number of rotatable bonds is 5. The summed E-state index contributed by atoms with van der Waals surface area (Å²) in [6, 6.07) is 0. The van der Waals surface area contributed by atoms with Gasteiger partial charge in [-0.05, 0) is 6.92 Å². The Morgan fingerprint density at radius 2 is 1.15 bits per heavy atom. The molecule has 0 atom stereocenters. The number of hydrogen-bond donors (Lipinski definition) is 4. The maximum atomic E-state index is 8.50. The van der Waals surface area contributed by atoms with E-state index in [1.807, 2.05) is 6.92 Å². The summed E-state index contributed by atoms with van der Waals surface area (Å²) in [7, 11) is 1.68. The van der Waals surface area contributed by atoms with Crippen LogP contribution in [0.2, 0.25) is 0 Å². The van der Waals surface area contributed by atoms with E-state index in [9.17, 15) is 0 Å². The standard InChI is InChI=1S/C5H12O4.C3H8O/c6-1-5(2-7,3-8)4-9;1-3-4-2/h6-9H,1-4H2;3H2,1-2H3. The Labute approximate surface area is 78.6 Å².